The Balaban J connectivity index is 0. The zero-order chi connectivity index (χ0) is 6.69. The normalized spacial score (nSPS) is 7.27. The maximum absolute atomic E-state index is 10.1. The topological polar surface area (TPSA) is 40.1 Å². The maximum Gasteiger partial charge on any atom is 2.00 e. The molecule has 0 heterocycles. The summed E-state index contributed by atoms with van der Waals surface area (Å²) in [5, 5.41) is 10.1. The molecule has 0 saturated heterocycles. The van der Waals surface area contributed by atoms with E-state index >= 15 is 0 Å². The van der Waals surface area contributed by atoms with Crippen molar-refractivity contribution in [2.24, 2.45) is 0 Å². The van der Waals surface area contributed by atoms with Crippen molar-refractivity contribution in [3.05, 3.63) is 35.9 Å². The molecule has 2 nitrogen and oxygen atoms in total. The minimum Gasteiger partial charge on any atom is -1.00 e. The molecule has 0 aliphatic heterocycles. The summed E-state index contributed by atoms with van der Waals surface area (Å²) in [5.41, 5.74) is 0.220. The molecule has 4 heteroatoms. The van der Waals surface area contributed by atoms with E-state index in [4.69, 9.17) is 0 Å². The fourth-order valence-corrected chi connectivity index (χ4v) is 0.574. The molecule has 54 valence electrons. The van der Waals surface area contributed by atoms with E-state index in [-0.39, 0.29) is 41.0 Å². The molecule has 0 amide bonds. The summed E-state index contributed by atoms with van der Waals surface area (Å²) in [6.07, 6.45) is 0. The van der Waals surface area contributed by atoms with Gasteiger partial charge >= 0.3 is 23.1 Å². The SMILES string of the molecule is O=C([O-])c1ccccc1.[Cl-].[Mg+2]. The van der Waals surface area contributed by atoms with Gasteiger partial charge in [-0.05, 0) is 5.56 Å². The Bertz CT molecular complexity index is 213. The molecule has 0 radical (unpaired) electrons. The Kier molecular flexibility index (Phi) is 7.83. The van der Waals surface area contributed by atoms with Crippen LogP contribution in [0, 0.1) is 0 Å². The van der Waals surface area contributed by atoms with Gasteiger partial charge in [0.1, 0.15) is 0 Å². The number of hydrogen-bond donors (Lipinski definition) is 0. The van der Waals surface area contributed by atoms with Crippen LogP contribution in [0.4, 0.5) is 0 Å². The summed E-state index contributed by atoms with van der Waals surface area (Å²) >= 11 is 0. The smallest absolute Gasteiger partial charge is 1.00 e. The molecule has 1 aromatic carbocycles. The Hall–Kier alpha value is -0.254. The van der Waals surface area contributed by atoms with Crippen molar-refractivity contribution < 1.29 is 22.3 Å². The number of carbonyl (C=O) groups is 1. The van der Waals surface area contributed by atoms with Crippen LogP contribution >= 0.6 is 0 Å². The molecule has 0 aromatic heterocycles. The quantitative estimate of drug-likeness (QED) is 0.425. The number of carboxylic acids is 1. The van der Waals surface area contributed by atoms with Crippen LogP contribution in [0.1, 0.15) is 10.4 Å². The second-order valence-electron chi connectivity index (χ2n) is 1.65. The van der Waals surface area contributed by atoms with Crippen molar-refractivity contribution in [2.45, 2.75) is 0 Å². The standard InChI is InChI=1S/C7H6O2.ClH.Mg/c8-7(9)6-4-2-1-3-5-6;;/h1-5H,(H,8,9);1H;/q;;+2/p-2. The predicted molar refractivity (Wildman–Crippen MR) is 36.5 cm³/mol. The van der Waals surface area contributed by atoms with Crippen LogP contribution in [-0.4, -0.2) is 29.0 Å². The van der Waals surface area contributed by atoms with Crippen LogP contribution in [0.3, 0.4) is 0 Å². The third-order valence-corrected chi connectivity index (χ3v) is 1.01. The first-order valence-corrected chi connectivity index (χ1v) is 2.57. The van der Waals surface area contributed by atoms with Crippen molar-refractivity contribution in [3.63, 3.8) is 0 Å². The Morgan fingerprint density at radius 3 is 1.91 bits per heavy atom. The molecule has 0 aliphatic carbocycles. The average molecular weight is 181 g/mol. The minimum atomic E-state index is -1.13. The van der Waals surface area contributed by atoms with Gasteiger partial charge in [0.05, 0.1) is 5.97 Å². The second kappa shape index (κ2) is 6.46. The third kappa shape index (κ3) is 4.24. The Morgan fingerprint density at radius 2 is 1.64 bits per heavy atom. The summed E-state index contributed by atoms with van der Waals surface area (Å²) in [4.78, 5) is 10.1. The van der Waals surface area contributed by atoms with Crippen LogP contribution < -0.4 is 17.5 Å². The van der Waals surface area contributed by atoms with Gasteiger partial charge < -0.3 is 22.3 Å². The van der Waals surface area contributed by atoms with Crippen LogP contribution in [0.2, 0.25) is 0 Å². The molecule has 0 fully saturated rings. The fraction of sp³-hybridized carbons (Fsp3) is 0. The van der Waals surface area contributed by atoms with E-state index in [1.54, 1.807) is 18.2 Å². The first-order valence-electron chi connectivity index (χ1n) is 2.57. The number of hydrogen-bond acceptors (Lipinski definition) is 2. The van der Waals surface area contributed by atoms with Gasteiger partial charge in [0.15, 0.2) is 0 Å². The van der Waals surface area contributed by atoms with Gasteiger partial charge in [-0.3, -0.25) is 0 Å². The summed E-state index contributed by atoms with van der Waals surface area (Å²) < 4.78 is 0. The summed E-state index contributed by atoms with van der Waals surface area (Å²) in [6.45, 7) is 0. The zero-order valence-corrected chi connectivity index (χ0v) is 7.96. The number of carboxylic acid groups (broad SMARTS) is 1. The van der Waals surface area contributed by atoms with Crippen molar-refractivity contribution >= 4 is 29.0 Å². The molecule has 1 rings (SSSR count). The average Bonchev–Trinajstić information content (AvgIpc) is 1.90. The fourth-order valence-electron chi connectivity index (χ4n) is 0.574. The molecule has 0 unspecified atom stereocenters. The second-order valence-corrected chi connectivity index (χ2v) is 1.65. The molecule has 0 spiro atoms. The number of benzene rings is 1. The number of aromatic carboxylic acids is 1. The molecule has 0 N–H and O–H groups in total. The molecule has 1 aromatic rings. The van der Waals surface area contributed by atoms with E-state index in [1.807, 2.05) is 0 Å². The largest absolute Gasteiger partial charge is 2.00 e. The number of halogens is 1. The summed E-state index contributed by atoms with van der Waals surface area (Å²) in [6, 6.07) is 8.06. The van der Waals surface area contributed by atoms with Crippen molar-refractivity contribution in [1.29, 1.82) is 0 Å². The summed E-state index contributed by atoms with van der Waals surface area (Å²) in [5.74, 6) is -1.13. The molecule has 0 saturated carbocycles. The monoisotopic (exact) mass is 180 g/mol. The van der Waals surface area contributed by atoms with Crippen molar-refractivity contribution in [3.8, 4) is 0 Å². The van der Waals surface area contributed by atoms with Gasteiger partial charge in [-0.15, -0.1) is 0 Å². The van der Waals surface area contributed by atoms with Gasteiger partial charge in [-0.1, -0.05) is 30.3 Å². The maximum atomic E-state index is 10.1. The molecule has 0 bridgehead atoms. The Labute approximate surface area is 87.2 Å². The van der Waals surface area contributed by atoms with E-state index in [0.717, 1.165) is 0 Å². The Morgan fingerprint density at radius 1 is 1.18 bits per heavy atom. The number of rotatable bonds is 1. The first-order chi connectivity index (χ1) is 4.30. The van der Waals surface area contributed by atoms with E-state index < -0.39 is 5.97 Å². The van der Waals surface area contributed by atoms with Gasteiger partial charge in [-0.2, -0.15) is 0 Å². The predicted octanol–water partition coefficient (Wildman–Crippen LogP) is -3.33. The molecular weight excluding hydrogens is 176 g/mol. The van der Waals surface area contributed by atoms with Gasteiger partial charge in [0.2, 0.25) is 0 Å². The number of carbonyl (C=O) groups excluding carboxylic acids is 1. The van der Waals surface area contributed by atoms with Crippen LogP contribution in [-0.2, 0) is 0 Å². The van der Waals surface area contributed by atoms with Crippen LogP contribution in [0.25, 0.3) is 0 Å². The molecule has 11 heavy (non-hydrogen) atoms. The molecular formula is C7H5ClMgO2. The van der Waals surface area contributed by atoms with E-state index in [2.05, 4.69) is 0 Å². The van der Waals surface area contributed by atoms with Gasteiger partial charge in [-0.25, -0.2) is 0 Å². The first kappa shape index (κ1) is 13.3. The van der Waals surface area contributed by atoms with E-state index in [1.165, 1.54) is 12.1 Å². The zero-order valence-electron chi connectivity index (χ0n) is 5.79. The van der Waals surface area contributed by atoms with Crippen LogP contribution in [0.15, 0.2) is 30.3 Å². The summed E-state index contributed by atoms with van der Waals surface area (Å²) in [7, 11) is 0. The van der Waals surface area contributed by atoms with Gasteiger partial charge in [0, 0.05) is 0 Å². The van der Waals surface area contributed by atoms with Crippen molar-refractivity contribution in [1.82, 2.24) is 0 Å². The van der Waals surface area contributed by atoms with E-state index in [9.17, 15) is 9.90 Å². The molecule has 0 aliphatic rings. The van der Waals surface area contributed by atoms with Crippen molar-refractivity contribution in [2.75, 3.05) is 0 Å². The molecule has 0 atom stereocenters. The minimum absolute atomic E-state index is 0. The van der Waals surface area contributed by atoms with E-state index in [0.29, 0.717) is 0 Å². The van der Waals surface area contributed by atoms with Crippen LogP contribution in [0.5, 0.6) is 0 Å². The van der Waals surface area contributed by atoms with Gasteiger partial charge in [0.25, 0.3) is 0 Å². The third-order valence-electron chi connectivity index (χ3n) is 1.01.